The van der Waals surface area contributed by atoms with Crippen LogP contribution in [0.1, 0.15) is 23.1 Å². The van der Waals surface area contributed by atoms with E-state index in [2.05, 4.69) is 15.5 Å². The molecule has 10 nitrogen and oxygen atoms in total. The first-order valence-electron chi connectivity index (χ1n) is 9.73. The molecule has 0 aliphatic heterocycles. The summed E-state index contributed by atoms with van der Waals surface area (Å²) >= 11 is 1.24. The molecule has 1 N–H and O–H groups in total. The van der Waals surface area contributed by atoms with Gasteiger partial charge in [-0.25, -0.2) is 0 Å². The van der Waals surface area contributed by atoms with Crippen LogP contribution in [-0.2, 0) is 17.8 Å². The summed E-state index contributed by atoms with van der Waals surface area (Å²) in [6, 6.07) is 12.9. The third-order valence-corrected chi connectivity index (χ3v) is 5.35. The number of carbonyl (C=O) groups excluding carboxylic acids is 1. The fourth-order valence-corrected chi connectivity index (χ4v) is 3.42. The molecule has 3 rings (SSSR count). The number of nitrogens with zero attached hydrogens (tertiary/aromatic N) is 4. The Morgan fingerprint density at radius 2 is 2.09 bits per heavy atom. The summed E-state index contributed by atoms with van der Waals surface area (Å²) in [6.07, 6.45) is 2.12. The van der Waals surface area contributed by atoms with Gasteiger partial charge in [0.25, 0.3) is 11.6 Å². The quantitative estimate of drug-likeness (QED) is 0.215. The van der Waals surface area contributed by atoms with Crippen molar-refractivity contribution in [3.63, 3.8) is 0 Å². The number of benzene rings is 2. The van der Waals surface area contributed by atoms with Crippen LogP contribution in [0.4, 0.5) is 10.8 Å². The number of rotatable bonds is 9. The van der Waals surface area contributed by atoms with Gasteiger partial charge in [0, 0.05) is 12.1 Å². The van der Waals surface area contributed by atoms with Crippen LogP contribution < -0.4 is 14.8 Å². The molecule has 11 heteroatoms. The molecule has 168 valence electrons. The Labute approximate surface area is 193 Å². The van der Waals surface area contributed by atoms with Crippen LogP contribution in [0.25, 0.3) is 6.08 Å². The third-order valence-electron chi connectivity index (χ3n) is 4.37. The minimum absolute atomic E-state index is 0.0229. The Hall–Kier alpha value is -4.30. The molecule has 1 heterocycles. The lowest BCUT2D eigenvalue weighted by molar-refractivity contribution is -0.384. The molecular weight excluding hydrogens is 446 g/mol. The molecular formula is C22H19N5O5S. The fraction of sp³-hybridized carbons (Fsp3) is 0.182. The van der Waals surface area contributed by atoms with Crippen LogP contribution in [0.3, 0.4) is 0 Å². The number of hydrogen-bond acceptors (Lipinski definition) is 9. The van der Waals surface area contributed by atoms with Crippen molar-refractivity contribution in [3.05, 3.63) is 74.3 Å². The summed E-state index contributed by atoms with van der Waals surface area (Å²) in [4.78, 5) is 22.9. The van der Waals surface area contributed by atoms with Gasteiger partial charge in [-0.2, -0.15) is 5.26 Å². The lowest BCUT2D eigenvalue weighted by Gasteiger charge is -2.11. The molecule has 2 aromatic carbocycles. The summed E-state index contributed by atoms with van der Waals surface area (Å²) in [5, 5.41) is 31.8. The summed E-state index contributed by atoms with van der Waals surface area (Å²) in [5.41, 5.74) is 1.04. The molecule has 1 aromatic heterocycles. The van der Waals surface area contributed by atoms with E-state index in [9.17, 15) is 20.2 Å². The van der Waals surface area contributed by atoms with Crippen LogP contribution in [0.5, 0.6) is 11.5 Å². The van der Waals surface area contributed by atoms with E-state index < -0.39 is 10.8 Å². The first-order chi connectivity index (χ1) is 15.9. The van der Waals surface area contributed by atoms with Crippen LogP contribution >= 0.6 is 11.3 Å². The number of nitro benzene ring substituents is 1. The Morgan fingerprint density at radius 1 is 1.27 bits per heavy atom. The SMILES string of the molecule is CCc1nnc(NC(=O)C(C#N)=Cc2ccc(OCc3cccc([N+](=O)[O-])c3)c(OC)c2)s1. The maximum absolute atomic E-state index is 12.4. The van der Waals surface area contributed by atoms with Crippen molar-refractivity contribution in [3.8, 4) is 17.6 Å². The number of hydrogen-bond donors (Lipinski definition) is 1. The van der Waals surface area contributed by atoms with Gasteiger partial charge in [-0.1, -0.05) is 36.5 Å². The zero-order valence-electron chi connectivity index (χ0n) is 17.8. The van der Waals surface area contributed by atoms with Crippen molar-refractivity contribution in [1.82, 2.24) is 10.2 Å². The van der Waals surface area contributed by atoms with Gasteiger partial charge in [-0.3, -0.25) is 20.2 Å². The number of non-ortho nitro benzene ring substituents is 1. The van der Waals surface area contributed by atoms with Crippen molar-refractivity contribution < 1.29 is 19.2 Å². The largest absolute Gasteiger partial charge is 0.493 e. The molecule has 0 atom stereocenters. The maximum atomic E-state index is 12.4. The monoisotopic (exact) mass is 465 g/mol. The van der Waals surface area contributed by atoms with Crippen molar-refractivity contribution >= 4 is 34.1 Å². The number of ether oxygens (including phenoxy) is 2. The van der Waals surface area contributed by atoms with Gasteiger partial charge >= 0.3 is 0 Å². The molecule has 3 aromatic rings. The highest BCUT2D eigenvalue weighted by Gasteiger charge is 2.14. The molecule has 1 amide bonds. The average molecular weight is 465 g/mol. The number of amides is 1. The second-order valence-electron chi connectivity index (χ2n) is 6.60. The van der Waals surface area contributed by atoms with Gasteiger partial charge in [0.2, 0.25) is 5.13 Å². The number of carbonyl (C=O) groups is 1. The Bertz CT molecular complexity index is 1250. The standard InChI is InChI=1S/C22H19N5O5S/c1-3-20-25-26-22(33-20)24-21(28)16(12-23)9-14-7-8-18(19(11-14)31-2)32-13-15-5-4-6-17(10-15)27(29)30/h4-11H,3,13H2,1-2H3,(H,24,26,28). The van der Waals surface area contributed by atoms with Gasteiger partial charge in [0.1, 0.15) is 23.3 Å². The van der Waals surface area contributed by atoms with Crippen LogP contribution in [0.15, 0.2) is 48.0 Å². The smallest absolute Gasteiger partial charge is 0.269 e. The second-order valence-corrected chi connectivity index (χ2v) is 7.67. The summed E-state index contributed by atoms with van der Waals surface area (Å²) in [5.74, 6) is 0.190. The van der Waals surface area contributed by atoms with Gasteiger partial charge < -0.3 is 9.47 Å². The zero-order valence-corrected chi connectivity index (χ0v) is 18.6. The van der Waals surface area contributed by atoms with Crippen LogP contribution in [0.2, 0.25) is 0 Å². The van der Waals surface area contributed by atoms with E-state index in [0.717, 1.165) is 5.01 Å². The van der Waals surface area contributed by atoms with E-state index >= 15 is 0 Å². The Kier molecular flexibility index (Phi) is 7.67. The molecule has 0 saturated carbocycles. The summed E-state index contributed by atoms with van der Waals surface area (Å²) in [6.45, 7) is 2.03. The van der Waals surface area contributed by atoms with E-state index in [1.165, 1.54) is 36.7 Å². The number of aromatic nitrogens is 2. The van der Waals surface area contributed by atoms with Crippen molar-refractivity contribution in [1.29, 1.82) is 5.26 Å². The van der Waals surface area contributed by atoms with Gasteiger partial charge in [0.05, 0.1) is 12.0 Å². The highest BCUT2D eigenvalue weighted by atomic mass is 32.1. The van der Waals surface area contributed by atoms with Crippen LogP contribution in [-0.4, -0.2) is 28.1 Å². The minimum Gasteiger partial charge on any atom is -0.493 e. The Balaban J connectivity index is 1.74. The highest BCUT2D eigenvalue weighted by Crippen LogP contribution is 2.30. The van der Waals surface area contributed by atoms with Crippen molar-refractivity contribution in [2.24, 2.45) is 0 Å². The van der Waals surface area contributed by atoms with E-state index in [1.807, 2.05) is 13.0 Å². The molecule has 0 unspecified atom stereocenters. The lowest BCUT2D eigenvalue weighted by atomic mass is 10.1. The van der Waals surface area contributed by atoms with Gasteiger partial charge in [-0.05, 0) is 35.8 Å². The zero-order chi connectivity index (χ0) is 23.8. The molecule has 0 aliphatic carbocycles. The average Bonchev–Trinajstić information content (AvgIpc) is 3.29. The highest BCUT2D eigenvalue weighted by molar-refractivity contribution is 7.15. The molecule has 0 aliphatic rings. The number of nitriles is 1. The first kappa shape index (κ1) is 23.4. The predicted octanol–water partition coefficient (Wildman–Crippen LogP) is 4.14. The van der Waals surface area contributed by atoms with E-state index in [0.29, 0.717) is 34.2 Å². The Morgan fingerprint density at radius 3 is 2.76 bits per heavy atom. The molecule has 0 saturated heterocycles. The van der Waals surface area contributed by atoms with Crippen molar-refractivity contribution in [2.45, 2.75) is 20.0 Å². The number of nitro groups is 1. The number of anilines is 1. The molecule has 0 spiro atoms. The van der Waals surface area contributed by atoms with Gasteiger partial charge in [-0.15, -0.1) is 10.2 Å². The van der Waals surface area contributed by atoms with E-state index in [4.69, 9.17) is 9.47 Å². The molecule has 0 fully saturated rings. The van der Waals surface area contributed by atoms with Gasteiger partial charge in [0.15, 0.2) is 11.5 Å². The number of aryl methyl sites for hydroxylation is 1. The second kappa shape index (κ2) is 10.8. The molecule has 0 radical (unpaired) electrons. The first-order valence-corrected chi connectivity index (χ1v) is 10.5. The summed E-state index contributed by atoms with van der Waals surface area (Å²) in [7, 11) is 1.46. The number of methoxy groups -OCH3 is 1. The minimum atomic E-state index is -0.596. The maximum Gasteiger partial charge on any atom is 0.269 e. The van der Waals surface area contributed by atoms with E-state index in [1.54, 1.807) is 30.3 Å². The molecule has 33 heavy (non-hydrogen) atoms. The lowest BCUT2D eigenvalue weighted by Crippen LogP contribution is -2.13. The third kappa shape index (κ3) is 6.11. The topological polar surface area (TPSA) is 140 Å². The predicted molar refractivity (Wildman–Crippen MR) is 122 cm³/mol. The summed E-state index contributed by atoms with van der Waals surface area (Å²) < 4.78 is 11.1. The van der Waals surface area contributed by atoms with E-state index in [-0.39, 0.29) is 17.9 Å². The van der Waals surface area contributed by atoms with Crippen LogP contribution in [0, 0.1) is 21.4 Å². The normalized spacial score (nSPS) is 10.9. The fourth-order valence-electron chi connectivity index (χ4n) is 2.74. The number of nitrogens with one attached hydrogen (secondary N) is 1. The van der Waals surface area contributed by atoms with Crippen molar-refractivity contribution in [2.75, 3.05) is 12.4 Å². The molecule has 0 bridgehead atoms.